The van der Waals surface area contributed by atoms with Gasteiger partial charge < -0.3 is 20.7 Å². The van der Waals surface area contributed by atoms with E-state index in [2.05, 4.69) is 36.9 Å². The number of halogens is 2. The van der Waals surface area contributed by atoms with Gasteiger partial charge in [-0.2, -0.15) is 0 Å². The van der Waals surface area contributed by atoms with Crippen LogP contribution in [-0.4, -0.2) is 52.3 Å². The standard InChI is InChI=1S/C14H21BrN4O2.HI/c1-16-14(19-9-10-21-2)18-8-7-17-13(20)11-3-5-12(15)6-4-11;/h3-6H,7-10H2,1-2H3,(H,17,20)(H2,16,18,19);1H. The van der Waals surface area contributed by atoms with Crippen molar-refractivity contribution in [3.63, 3.8) is 0 Å². The Labute approximate surface area is 156 Å². The van der Waals surface area contributed by atoms with E-state index in [-0.39, 0.29) is 29.9 Å². The molecule has 0 aromatic heterocycles. The molecule has 0 aliphatic carbocycles. The van der Waals surface area contributed by atoms with Crippen LogP contribution in [0.5, 0.6) is 0 Å². The SMILES string of the molecule is CN=C(NCCNC(=O)c1ccc(Br)cc1)NCCOC.I. The smallest absolute Gasteiger partial charge is 0.251 e. The molecule has 6 nitrogen and oxygen atoms in total. The van der Waals surface area contributed by atoms with Gasteiger partial charge in [-0.25, -0.2) is 0 Å². The molecule has 0 aliphatic rings. The molecule has 8 heteroatoms. The molecule has 1 aromatic rings. The Balaban J connectivity index is 0.00000441. The normalized spacial score (nSPS) is 10.6. The Morgan fingerprint density at radius 1 is 1.14 bits per heavy atom. The number of carbonyl (C=O) groups is 1. The van der Waals surface area contributed by atoms with E-state index < -0.39 is 0 Å². The second-order valence-electron chi connectivity index (χ2n) is 4.18. The average molecular weight is 485 g/mol. The van der Waals surface area contributed by atoms with Gasteiger partial charge >= 0.3 is 0 Å². The molecule has 0 unspecified atom stereocenters. The lowest BCUT2D eigenvalue weighted by molar-refractivity contribution is 0.0954. The number of nitrogens with zero attached hydrogens (tertiary/aromatic N) is 1. The van der Waals surface area contributed by atoms with Gasteiger partial charge in [0.25, 0.3) is 5.91 Å². The Morgan fingerprint density at radius 3 is 2.32 bits per heavy atom. The molecule has 0 bridgehead atoms. The quantitative estimate of drug-likeness (QED) is 0.238. The second-order valence-corrected chi connectivity index (χ2v) is 5.10. The molecular formula is C14H22BrIN4O2. The highest BCUT2D eigenvalue weighted by Crippen LogP contribution is 2.10. The van der Waals surface area contributed by atoms with Gasteiger partial charge in [-0.3, -0.25) is 9.79 Å². The number of aliphatic imine (C=N–C) groups is 1. The summed E-state index contributed by atoms with van der Waals surface area (Å²) >= 11 is 3.34. The lowest BCUT2D eigenvalue weighted by Crippen LogP contribution is -2.42. The van der Waals surface area contributed by atoms with Crippen molar-refractivity contribution in [1.82, 2.24) is 16.0 Å². The van der Waals surface area contributed by atoms with Crippen LogP contribution in [0.1, 0.15) is 10.4 Å². The van der Waals surface area contributed by atoms with Crippen molar-refractivity contribution in [1.29, 1.82) is 0 Å². The maximum absolute atomic E-state index is 11.9. The van der Waals surface area contributed by atoms with E-state index in [1.807, 2.05) is 12.1 Å². The summed E-state index contributed by atoms with van der Waals surface area (Å²) in [5, 5.41) is 9.04. The molecule has 1 aromatic carbocycles. The summed E-state index contributed by atoms with van der Waals surface area (Å²) in [5.74, 6) is 0.594. The van der Waals surface area contributed by atoms with Gasteiger partial charge in [0.15, 0.2) is 5.96 Å². The predicted molar refractivity (Wildman–Crippen MR) is 103 cm³/mol. The molecule has 0 saturated heterocycles. The van der Waals surface area contributed by atoms with Crippen LogP contribution in [0.15, 0.2) is 33.7 Å². The van der Waals surface area contributed by atoms with Crippen molar-refractivity contribution < 1.29 is 9.53 Å². The molecule has 0 saturated carbocycles. The molecule has 0 fully saturated rings. The minimum absolute atomic E-state index is 0. The fourth-order valence-corrected chi connectivity index (χ4v) is 1.82. The lowest BCUT2D eigenvalue weighted by atomic mass is 10.2. The summed E-state index contributed by atoms with van der Waals surface area (Å²) in [4.78, 5) is 15.9. The molecular weight excluding hydrogens is 463 g/mol. The Bertz CT molecular complexity index is 468. The highest BCUT2D eigenvalue weighted by molar-refractivity contribution is 14.0. The van der Waals surface area contributed by atoms with Gasteiger partial charge in [-0.15, -0.1) is 24.0 Å². The van der Waals surface area contributed by atoms with E-state index >= 15 is 0 Å². The van der Waals surface area contributed by atoms with E-state index in [0.717, 1.165) is 4.47 Å². The van der Waals surface area contributed by atoms with Crippen LogP contribution < -0.4 is 16.0 Å². The van der Waals surface area contributed by atoms with Gasteiger partial charge in [0.2, 0.25) is 0 Å². The van der Waals surface area contributed by atoms with Gasteiger partial charge in [0, 0.05) is 43.8 Å². The number of methoxy groups -OCH3 is 1. The number of nitrogens with one attached hydrogen (secondary N) is 3. The van der Waals surface area contributed by atoms with Gasteiger partial charge in [0.05, 0.1) is 6.61 Å². The monoisotopic (exact) mass is 484 g/mol. The summed E-state index contributed by atoms with van der Waals surface area (Å²) < 4.78 is 5.90. The van der Waals surface area contributed by atoms with Crippen molar-refractivity contribution in [3.05, 3.63) is 34.3 Å². The molecule has 0 radical (unpaired) electrons. The van der Waals surface area contributed by atoms with E-state index in [9.17, 15) is 4.79 Å². The van der Waals surface area contributed by atoms with Gasteiger partial charge in [0.1, 0.15) is 0 Å². The zero-order valence-corrected chi connectivity index (χ0v) is 16.6. The minimum Gasteiger partial charge on any atom is -0.383 e. The average Bonchev–Trinajstić information content (AvgIpc) is 2.50. The Hall–Kier alpha value is -0.870. The third-order valence-corrected chi connectivity index (χ3v) is 3.16. The van der Waals surface area contributed by atoms with E-state index in [0.29, 0.717) is 37.8 Å². The molecule has 124 valence electrons. The van der Waals surface area contributed by atoms with Crippen molar-refractivity contribution in [3.8, 4) is 0 Å². The van der Waals surface area contributed by atoms with Crippen LogP contribution in [0.3, 0.4) is 0 Å². The number of hydrogen-bond donors (Lipinski definition) is 3. The molecule has 0 spiro atoms. The van der Waals surface area contributed by atoms with Crippen LogP contribution >= 0.6 is 39.9 Å². The number of benzene rings is 1. The minimum atomic E-state index is -0.0911. The van der Waals surface area contributed by atoms with Crippen LogP contribution in [-0.2, 0) is 4.74 Å². The number of ether oxygens (including phenoxy) is 1. The molecule has 1 amide bonds. The van der Waals surface area contributed by atoms with E-state index in [1.165, 1.54) is 0 Å². The van der Waals surface area contributed by atoms with Crippen molar-refractivity contribution in [2.24, 2.45) is 4.99 Å². The molecule has 0 aliphatic heterocycles. The molecule has 0 heterocycles. The van der Waals surface area contributed by atoms with Crippen molar-refractivity contribution in [2.45, 2.75) is 0 Å². The third kappa shape index (κ3) is 8.54. The second kappa shape index (κ2) is 12.7. The zero-order valence-electron chi connectivity index (χ0n) is 12.7. The summed E-state index contributed by atoms with van der Waals surface area (Å²) in [5.41, 5.74) is 0.640. The highest BCUT2D eigenvalue weighted by atomic mass is 127. The predicted octanol–water partition coefficient (Wildman–Crippen LogP) is 1.61. The third-order valence-electron chi connectivity index (χ3n) is 2.63. The zero-order chi connectivity index (χ0) is 15.5. The number of amides is 1. The van der Waals surface area contributed by atoms with E-state index in [1.54, 1.807) is 26.3 Å². The molecule has 3 N–H and O–H groups in total. The maximum Gasteiger partial charge on any atom is 0.251 e. The van der Waals surface area contributed by atoms with Crippen molar-refractivity contribution in [2.75, 3.05) is 40.4 Å². The first-order chi connectivity index (χ1) is 10.2. The molecule has 1 rings (SSSR count). The summed E-state index contributed by atoms with van der Waals surface area (Å²) in [6, 6.07) is 7.24. The first-order valence-electron chi connectivity index (χ1n) is 6.64. The lowest BCUT2D eigenvalue weighted by Gasteiger charge is -2.12. The fraction of sp³-hybridized carbons (Fsp3) is 0.429. The Kier molecular flexibility index (Phi) is 12.2. The number of guanidine groups is 1. The van der Waals surface area contributed by atoms with Gasteiger partial charge in [-0.05, 0) is 24.3 Å². The summed E-state index contributed by atoms with van der Waals surface area (Å²) in [6.45, 7) is 2.40. The topological polar surface area (TPSA) is 74.8 Å². The van der Waals surface area contributed by atoms with Crippen LogP contribution in [0, 0.1) is 0 Å². The van der Waals surface area contributed by atoms with Gasteiger partial charge in [-0.1, -0.05) is 15.9 Å². The van der Waals surface area contributed by atoms with Crippen LogP contribution in [0.2, 0.25) is 0 Å². The summed E-state index contributed by atoms with van der Waals surface area (Å²) in [7, 11) is 3.35. The highest BCUT2D eigenvalue weighted by Gasteiger charge is 2.04. The maximum atomic E-state index is 11.9. The van der Waals surface area contributed by atoms with Crippen LogP contribution in [0.25, 0.3) is 0 Å². The first-order valence-corrected chi connectivity index (χ1v) is 7.44. The fourth-order valence-electron chi connectivity index (χ4n) is 1.55. The largest absolute Gasteiger partial charge is 0.383 e. The number of rotatable bonds is 7. The number of hydrogen-bond acceptors (Lipinski definition) is 3. The van der Waals surface area contributed by atoms with E-state index in [4.69, 9.17) is 4.74 Å². The van der Waals surface area contributed by atoms with Crippen LogP contribution in [0.4, 0.5) is 0 Å². The van der Waals surface area contributed by atoms with Crippen molar-refractivity contribution >= 4 is 51.8 Å². The Morgan fingerprint density at radius 2 is 1.73 bits per heavy atom. The number of carbonyl (C=O) groups excluding carboxylic acids is 1. The molecule has 22 heavy (non-hydrogen) atoms. The first kappa shape index (κ1) is 21.1. The molecule has 0 atom stereocenters. The summed E-state index contributed by atoms with van der Waals surface area (Å²) in [6.07, 6.45) is 0.